The van der Waals surface area contributed by atoms with Crippen molar-refractivity contribution < 1.29 is 13.2 Å². The molecule has 0 saturated carbocycles. The number of hydrogen-bond acceptors (Lipinski definition) is 3. The number of sulfonamides is 1. The van der Waals surface area contributed by atoms with Crippen LogP contribution in [-0.4, -0.2) is 19.7 Å². The Kier molecular flexibility index (Phi) is 4.39. The van der Waals surface area contributed by atoms with Gasteiger partial charge in [0, 0.05) is 15.8 Å². The van der Waals surface area contributed by atoms with Gasteiger partial charge in [0.2, 0.25) is 10.0 Å². The van der Waals surface area contributed by atoms with Crippen molar-refractivity contribution in [3.63, 3.8) is 0 Å². The maximum atomic E-state index is 11.8. The van der Waals surface area contributed by atoms with Gasteiger partial charge in [0.25, 0.3) is 0 Å². The minimum absolute atomic E-state index is 0.492. The lowest BCUT2D eigenvalue weighted by Crippen LogP contribution is -2.38. The van der Waals surface area contributed by atoms with E-state index in [-0.39, 0.29) is 0 Å². The lowest BCUT2D eigenvalue weighted by Gasteiger charge is -2.12. The Morgan fingerprint density at radius 2 is 1.71 bits per heavy atom. The number of amides is 2. The van der Waals surface area contributed by atoms with Crippen molar-refractivity contribution in [1.29, 1.82) is 0 Å². The number of carbonyl (C=O) groups is 1. The topological polar surface area (TPSA) is 75.3 Å². The summed E-state index contributed by atoms with van der Waals surface area (Å²) < 4.78 is 25.3. The number of urea groups is 1. The molecule has 0 spiro atoms. The zero-order valence-electron chi connectivity index (χ0n) is 11.6. The summed E-state index contributed by atoms with van der Waals surface area (Å²) in [4.78, 5) is 11.8. The number of fused-ring (bicyclic) bond motifs is 1. The first-order valence-corrected chi connectivity index (χ1v) is 8.23. The van der Waals surface area contributed by atoms with E-state index < -0.39 is 21.3 Å². The fraction of sp³-hybridized carbons (Fsp3) is 0.214. The van der Waals surface area contributed by atoms with Crippen LogP contribution in [0, 0.1) is 0 Å². The molecule has 2 aromatic rings. The molecular weight excluding hydrogens is 312 g/mol. The molecule has 112 valence electrons. The van der Waals surface area contributed by atoms with E-state index >= 15 is 0 Å². The SMILES string of the molecule is CC(C)S(=O)(=O)NC(=O)Nc1ccc(Cl)c2ccccc12. The van der Waals surface area contributed by atoms with E-state index in [2.05, 4.69) is 5.32 Å². The highest BCUT2D eigenvalue weighted by atomic mass is 35.5. The number of carbonyl (C=O) groups excluding carboxylic acids is 1. The van der Waals surface area contributed by atoms with Gasteiger partial charge in [-0.25, -0.2) is 17.9 Å². The fourth-order valence-corrected chi connectivity index (χ4v) is 2.54. The second kappa shape index (κ2) is 5.91. The Labute approximate surface area is 128 Å². The van der Waals surface area contributed by atoms with Gasteiger partial charge in [-0.1, -0.05) is 35.9 Å². The molecule has 2 aromatic carbocycles. The van der Waals surface area contributed by atoms with E-state index in [1.807, 2.05) is 22.9 Å². The Morgan fingerprint density at radius 1 is 1.10 bits per heavy atom. The average Bonchev–Trinajstić information content (AvgIpc) is 2.41. The highest BCUT2D eigenvalue weighted by molar-refractivity contribution is 7.90. The van der Waals surface area contributed by atoms with E-state index in [1.54, 1.807) is 18.2 Å². The summed E-state index contributed by atoms with van der Waals surface area (Å²) in [7, 11) is -3.67. The molecule has 0 fully saturated rings. The number of nitrogens with one attached hydrogen (secondary N) is 2. The van der Waals surface area contributed by atoms with Crippen LogP contribution >= 0.6 is 11.6 Å². The molecule has 0 radical (unpaired) electrons. The number of hydrogen-bond donors (Lipinski definition) is 2. The maximum absolute atomic E-state index is 11.8. The molecule has 0 aliphatic rings. The lowest BCUT2D eigenvalue weighted by atomic mass is 10.1. The Balaban J connectivity index is 2.29. The van der Waals surface area contributed by atoms with Gasteiger partial charge < -0.3 is 5.32 Å². The van der Waals surface area contributed by atoms with E-state index in [1.165, 1.54) is 13.8 Å². The predicted octanol–water partition coefficient (Wildman–Crippen LogP) is 3.35. The Hall–Kier alpha value is -1.79. The van der Waals surface area contributed by atoms with Gasteiger partial charge in [-0.3, -0.25) is 0 Å². The predicted molar refractivity (Wildman–Crippen MR) is 85.2 cm³/mol. The molecule has 7 heteroatoms. The van der Waals surface area contributed by atoms with Crippen LogP contribution in [0.15, 0.2) is 36.4 Å². The van der Waals surface area contributed by atoms with E-state index in [0.29, 0.717) is 10.7 Å². The molecule has 2 amide bonds. The monoisotopic (exact) mass is 326 g/mol. The van der Waals surface area contributed by atoms with Gasteiger partial charge in [0.1, 0.15) is 0 Å². The minimum Gasteiger partial charge on any atom is -0.307 e. The minimum atomic E-state index is -3.67. The number of halogens is 1. The number of rotatable bonds is 3. The van der Waals surface area contributed by atoms with Crippen LogP contribution in [0.25, 0.3) is 10.8 Å². The smallest absolute Gasteiger partial charge is 0.307 e. The van der Waals surface area contributed by atoms with Crippen molar-refractivity contribution in [2.45, 2.75) is 19.1 Å². The second-order valence-corrected chi connectivity index (χ2v) is 7.43. The van der Waals surface area contributed by atoms with Crippen molar-refractivity contribution in [1.82, 2.24) is 4.72 Å². The summed E-state index contributed by atoms with van der Waals surface area (Å²) in [6, 6.07) is 9.76. The first-order valence-electron chi connectivity index (χ1n) is 6.31. The molecule has 0 saturated heterocycles. The fourth-order valence-electron chi connectivity index (χ4n) is 1.77. The molecule has 0 aromatic heterocycles. The first kappa shape index (κ1) is 15.6. The van der Waals surface area contributed by atoms with Crippen LogP contribution in [0.5, 0.6) is 0 Å². The van der Waals surface area contributed by atoms with Gasteiger partial charge in [-0.15, -0.1) is 0 Å². The molecule has 5 nitrogen and oxygen atoms in total. The largest absolute Gasteiger partial charge is 0.332 e. The molecule has 0 aliphatic carbocycles. The second-order valence-electron chi connectivity index (χ2n) is 4.79. The molecule has 0 aliphatic heterocycles. The van der Waals surface area contributed by atoms with Gasteiger partial charge >= 0.3 is 6.03 Å². The molecule has 0 atom stereocenters. The van der Waals surface area contributed by atoms with Gasteiger partial charge in [0.05, 0.1) is 10.9 Å². The lowest BCUT2D eigenvalue weighted by molar-refractivity contribution is 0.256. The van der Waals surface area contributed by atoms with Gasteiger partial charge in [-0.05, 0) is 26.0 Å². The summed E-state index contributed by atoms with van der Waals surface area (Å²) >= 11 is 6.09. The summed E-state index contributed by atoms with van der Waals surface area (Å²) in [5, 5.41) is 3.93. The third-order valence-electron chi connectivity index (χ3n) is 2.97. The molecule has 0 unspecified atom stereocenters. The Morgan fingerprint density at radius 3 is 2.33 bits per heavy atom. The van der Waals surface area contributed by atoms with Crippen LogP contribution in [-0.2, 0) is 10.0 Å². The quantitative estimate of drug-likeness (QED) is 0.908. The van der Waals surface area contributed by atoms with E-state index in [4.69, 9.17) is 11.6 Å². The van der Waals surface area contributed by atoms with Crippen LogP contribution in [0.2, 0.25) is 5.02 Å². The van der Waals surface area contributed by atoms with Crippen molar-refractivity contribution in [2.24, 2.45) is 0 Å². The molecular formula is C14H15ClN2O3S. The molecule has 2 rings (SSSR count). The summed E-state index contributed by atoms with van der Waals surface area (Å²) in [5.41, 5.74) is 0.492. The first-order chi connectivity index (χ1) is 9.81. The van der Waals surface area contributed by atoms with Crippen molar-refractivity contribution in [2.75, 3.05) is 5.32 Å². The highest BCUT2D eigenvalue weighted by Gasteiger charge is 2.19. The summed E-state index contributed by atoms with van der Waals surface area (Å²) in [5.74, 6) is 0. The zero-order valence-corrected chi connectivity index (χ0v) is 13.1. The van der Waals surface area contributed by atoms with Crippen LogP contribution in [0.4, 0.5) is 10.5 Å². The molecule has 0 heterocycles. The van der Waals surface area contributed by atoms with Crippen LogP contribution in [0.1, 0.15) is 13.8 Å². The zero-order chi connectivity index (χ0) is 15.6. The molecule has 2 N–H and O–H groups in total. The molecule has 21 heavy (non-hydrogen) atoms. The normalized spacial score (nSPS) is 11.6. The number of anilines is 1. The number of benzene rings is 2. The third kappa shape index (κ3) is 3.46. The maximum Gasteiger partial charge on any atom is 0.332 e. The van der Waals surface area contributed by atoms with Crippen molar-refractivity contribution >= 4 is 44.1 Å². The summed E-state index contributed by atoms with van der Waals surface area (Å²) in [6.07, 6.45) is 0. The van der Waals surface area contributed by atoms with Gasteiger partial charge in [-0.2, -0.15) is 0 Å². The third-order valence-corrected chi connectivity index (χ3v) is 5.02. The van der Waals surface area contributed by atoms with E-state index in [0.717, 1.165) is 10.8 Å². The van der Waals surface area contributed by atoms with Gasteiger partial charge in [0.15, 0.2) is 0 Å². The van der Waals surface area contributed by atoms with Crippen LogP contribution < -0.4 is 10.0 Å². The summed E-state index contributed by atoms with van der Waals surface area (Å²) in [6.45, 7) is 2.99. The highest BCUT2D eigenvalue weighted by Crippen LogP contribution is 2.29. The van der Waals surface area contributed by atoms with Crippen molar-refractivity contribution in [3.05, 3.63) is 41.4 Å². The Bertz CT molecular complexity index is 788. The average molecular weight is 327 g/mol. The van der Waals surface area contributed by atoms with Crippen molar-refractivity contribution in [3.8, 4) is 0 Å². The molecule has 0 bridgehead atoms. The van der Waals surface area contributed by atoms with Crippen LogP contribution in [0.3, 0.4) is 0 Å². The standard InChI is InChI=1S/C14H15ClN2O3S/c1-9(2)21(19,20)17-14(18)16-13-8-7-12(15)10-5-3-4-6-11(10)13/h3-9H,1-2H3,(H2,16,17,18). The van der Waals surface area contributed by atoms with E-state index in [9.17, 15) is 13.2 Å².